The third kappa shape index (κ3) is 5.83. The number of carboxylic acids is 1. The number of oxazole rings is 1. The summed E-state index contributed by atoms with van der Waals surface area (Å²) in [6.07, 6.45) is 0. The number of aryl methyl sites for hydroxylation is 1. The normalized spacial score (nSPS) is 11.2. The highest BCUT2D eigenvalue weighted by Gasteiger charge is 2.20. The minimum Gasteiger partial charge on any atom is -0.487 e. The second kappa shape index (κ2) is 10.8. The van der Waals surface area contributed by atoms with Crippen molar-refractivity contribution in [1.82, 2.24) is 4.98 Å². The van der Waals surface area contributed by atoms with Gasteiger partial charge >= 0.3 is 5.97 Å². The Bertz CT molecular complexity index is 1720. The summed E-state index contributed by atoms with van der Waals surface area (Å²) in [4.78, 5) is 16.2. The minimum absolute atomic E-state index is 0.0279. The molecule has 0 spiro atoms. The predicted octanol–water partition coefficient (Wildman–Crippen LogP) is 6.40. The summed E-state index contributed by atoms with van der Waals surface area (Å²) >= 11 is 0. The molecular formula is C30H24N2O6S. The van der Waals surface area contributed by atoms with E-state index < -0.39 is 16.0 Å². The number of ether oxygens (including phenoxy) is 1. The zero-order valence-electron chi connectivity index (χ0n) is 20.9. The van der Waals surface area contributed by atoms with Crippen LogP contribution >= 0.6 is 0 Å². The van der Waals surface area contributed by atoms with Gasteiger partial charge < -0.3 is 14.3 Å². The van der Waals surface area contributed by atoms with Crippen LogP contribution in [0, 0.1) is 6.92 Å². The maximum Gasteiger partial charge on any atom is 0.337 e. The lowest BCUT2D eigenvalue weighted by atomic mass is 10.0. The monoisotopic (exact) mass is 540 g/mol. The first-order chi connectivity index (χ1) is 18.8. The first kappa shape index (κ1) is 25.7. The number of aromatic nitrogens is 1. The number of carbonyl (C=O) groups is 1. The lowest BCUT2D eigenvalue weighted by Gasteiger charge is -2.13. The molecule has 196 valence electrons. The quantitative estimate of drug-likeness (QED) is 0.222. The van der Waals surface area contributed by atoms with Gasteiger partial charge in [0.1, 0.15) is 23.8 Å². The number of rotatable bonds is 9. The van der Waals surface area contributed by atoms with Crippen LogP contribution in [-0.2, 0) is 16.6 Å². The van der Waals surface area contributed by atoms with E-state index in [1.165, 1.54) is 36.4 Å². The van der Waals surface area contributed by atoms with E-state index in [2.05, 4.69) is 9.71 Å². The summed E-state index contributed by atoms with van der Waals surface area (Å²) < 4.78 is 40.2. The molecule has 0 saturated carbocycles. The molecule has 0 bridgehead atoms. The standard InChI is InChI=1S/C30H24N2O6S/c1-20-28(31-29(38-20)22-10-6-3-7-11-22)19-37-24-13-15-25(16-14-24)39(35,36)32-27-18-23(12-17-26(27)30(33)34)21-8-4-2-5-9-21/h2-18,32H,19H2,1H3,(H,33,34). The molecule has 8 nitrogen and oxygen atoms in total. The molecule has 1 aromatic heterocycles. The van der Waals surface area contributed by atoms with Crippen LogP contribution in [0.1, 0.15) is 21.8 Å². The third-order valence-electron chi connectivity index (χ3n) is 6.02. The number of hydrogen-bond acceptors (Lipinski definition) is 6. The molecule has 1 heterocycles. The number of anilines is 1. The van der Waals surface area contributed by atoms with Crippen molar-refractivity contribution in [2.75, 3.05) is 4.72 Å². The Morgan fingerprint density at radius 2 is 1.51 bits per heavy atom. The molecular weight excluding hydrogens is 516 g/mol. The van der Waals surface area contributed by atoms with Crippen molar-refractivity contribution in [3.63, 3.8) is 0 Å². The number of hydrogen-bond donors (Lipinski definition) is 2. The topological polar surface area (TPSA) is 119 Å². The highest BCUT2D eigenvalue weighted by atomic mass is 32.2. The number of nitrogens with one attached hydrogen (secondary N) is 1. The van der Waals surface area contributed by atoms with E-state index in [-0.39, 0.29) is 22.8 Å². The van der Waals surface area contributed by atoms with E-state index in [1.54, 1.807) is 13.0 Å². The van der Waals surface area contributed by atoms with Crippen molar-refractivity contribution in [3.05, 3.63) is 120 Å². The molecule has 5 rings (SSSR count). The third-order valence-corrected chi connectivity index (χ3v) is 7.41. The average molecular weight is 541 g/mol. The number of aromatic carboxylic acids is 1. The Morgan fingerprint density at radius 1 is 0.872 bits per heavy atom. The van der Waals surface area contributed by atoms with Crippen LogP contribution in [0.5, 0.6) is 5.75 Å². The van der Waals surface area contributed by atoms with Gasteiger partial charge in [-0.2, -0.15) is 0 Å². The van der Waals surface area contributed by atoms with Crippen molar-refractivity contribution < 1.29 is 27.5 Å². The molecule has 0 aliphatic carbocycles. The maximum absolute atomic E-state index is 13.1. The van der Waals surface area contributed by atoms with Gasteiger partial charge in [-0.1, -0.05) is 54.6 Å². The molecule has 0 saturated heterocycles. The Labute approximate surface area is 225 Å². The van der Waals surface area contributed by atoms with Crippen molar-refractivity contribution in [3.8, 4) is 28.3 Å². The average Bonchev–Trinajstić information content (AvgIpc) is 3.33. The van der Waals surface area contributed by atoms with Gasteiger partial charge in [-0.25, -0.2) is 18.2 Å². The highest BCUT2D eigenvalue weighted by molar-refractivity contribution is 7.92. The van der Waals surface area contributed by atoms with E-state index in [0.29, 0.717) is 28.7 Å². The van der Waals surface area contributed by atoms with E-state index in [4.69, 9.17) is 9.15 Å². The van der Waals surface area contributed by atoms with Crippen molar-refractivity contribution in [2.24, 2.45) is 0 Å². The van der Waals surface area contributed by atoms with E-state index in [9.17, 15) is 18.3 Å². The molecule has 39 heavy (non-hydrogen) atoms. The molecule has 0 fully saturated rings. The van der Waals surface area contributed by atoms with Crippen molar-refractivity contribution >= 4 is 21.7 Å². The van der Waals surface area contributed by atoms with Gasteiger partial charge in [0, 0.05) is 5.56 Å². The first-order valence-corrected chi connectivity index (χ1v) is 13.5. The smallest absolute Gasteiger partial charge is 0.337 e. The highest BCUT2D eigenvalue weighted by Crippen LogP contribution is 2.29. The van der Waals surface area contributed by atoms with Crippen molar-refractivity contribution in [2.45, 2.75) is 18.4 Å². The Morgan fingerprint density at radius 3 is 2.15 bits per heavy atom. The molecule has 0 amide bonds. The molecule has 9 heteroatoms. The van der Waals surface area contributed by atoms with E-state index >= 15 is 0 Å². The fourth-order valence-electron chi connectivity index (χ4n) is 3.96. The largest absolute Gasteiger partial charge is 0.487 e. The molecule has 0 unspecified atom stereocenters. The van der Waals surface area contributed by atoms with Gasteiger partial charge in [-0.3, -0.25) is 4.72 Å². The fraction of sp³-hybridized carbons (Fsp3) is 0.0667. The molecule has 4 aromatic carbocycles. The molecule has 2 N–H and O–H groups in total. The second-order valence-electron chi connectivity index (χ2n) is 8.69. The van der Waals surface area contributed by atoms with Gasteiger partial charge in [-0.15, -0.1) is 0 Å². The molecule has 0 atom stereocenters. The van der Waals surface area contributed by atoms with Gasteiger partial charge in [0.15, 0.2) is 0 Å². The minimum atomic E-state index is -4.08. The van der Waals surface area contributed by atoms with Crippen LogP contribution in [0.2, 0.25) is 0 Å². The Kier molecular flexibility index (Phi) is 7.16. The van der Waals surface area contributed by atoms with Gasteiger partial charge in [0.25, 0.3) is 10.0 Å². The van der Waals surface area contributed by atoms with Crippen LogP contribution in [0.4, 0.5) is 5.69 Å². The van der Waals surface area contributed by atoms with Crippen LogP contribution in [0.3, 0.4) is 0 Å². The Balaban J connectivity index is 1.31. The number of nitrogens with zero attached hydrogens (tertiary/aromatic N) is 1. The zero-order chi connectivity index (χ0) is 27.4. The number of carboxylic acid groups (broad SMARTS) is 1. The summed E-state index contributed by atoms with van der Waals surface area (Å²) in [5.41, 5.74) is 2.81. The van der Waals surface area contributed by atoms with Crippen LogP contribution < -0.4 is 9.46 Å². The summed E-state index contributed by atoms with van der Waals surface area (Å²) in [6.45, 7) is 1.94. The zero-order valence-corrected chi connectivity index (χ0v) is 21.7. The molecule has 0 aliphatic rings. The maximum atomic E-state index is 13.1. The first-order valence-electron chi connectivity index (χ1n) is 12.0. The lowest BCUT2D eigenvalue weighted by Crippen LogP contribution is -2.15. The summed E-state index contributed by atoms with van der Waals surface area (Å²) in [6, 6.07) is 29.2. The predicted molar refractivity (Wildman–Crippen MR) is 147 cm³/mol. The summed E-state index contributed by atoms with van der Waals surface area (Å²) in [7, 11) is -4.08. The summed E-state index contributed by atoms with van der Waals surface area (Å²) in [5.74, 6) is 0.324. The number of benzene rings is 4. The molecule has 5 aromatic rings. The lowest BCUT2D eigenvalue weighted by molar-refractivity contribution is 0.0698. The van der Waals surface area contributed by atoms with E-state index in [0.717, 1.165) is 11.1 Å². The fourth-order valence-corrected chi connectivity index (χ4v) is 5.03. The second-order valence-corrected chi connectivity index (χ2v) is 10.4. The summed E-state index contributed by atoms with van der Waals surface area (Å²) in [5, 5.41) is 9.61. The van der Waals surface area contributed by atoms with Gasteiger partial charge in [-0.05, 0) is 66.6 Å². The van der Waals surface area contributed by atoms with Crippen molar-refractivity contribution in [1.29, 1.82) is 0 Å². The molecule has 0 radical (unpaired) electrons. The van der Waals surface area contributed by atoms with Crippen LogP contribution in [0.25, 0.3) is 22.6 Å². The van der Waals surface area contributed by atoms with Gasteiger partial charge in [0.05, 0.1) is 16.1 Å². The van der Waals surface area contributed by atoms with Crippen LogP contribution in [-0.4, -0.2) is 24.5 Å². The SMILES string of the molecule is Cc1oc(-c2ccccc2)nc1COc1ccc(S(=O)(=O)Nc2cc(-c3ccccc3)ccc2C(=O)O)cc1. The van der Waals surface area contributed by atoms with E-state index in [1.807, 2.05) is 60.7 Å². The Hall–Kier alpha value is -4.89. The van der Waals surface area contributed by atoms with Crippen LogP contribution in [0.15, 0.2) is 112 Å². The molecule has 0 aliphatic heterocycles. The van der Waals surface area contributed by atoms with Gasteiger partial charge in [0.2, 0.25) is 5.89 Å². The number of sulfonamides is 1.